The Hall–Kier alpha value is -1.55. The second-order valence-electron chi connectivity index (χ2n) is 6.77. The fraction of sp³-hybridized carbons (Fsp3) is 0.350. The summed E-state index contributed by atoms with van der Waals surface area (Å²) >= 11 is 12.2. The van der Waals surface area contributed by atoms with E-state index in [1.165, 1.54) is 12.8 Å². The van der Waals surface area contributed by atoms with E-state index in [1.807, 2.05) is 53.4 Å². The van der Waals surface area contributed by atoms with Crippen LogP contribution in [0.25, 0.3) is 0 Å². The first-order valence-corrected chi connectivity index (χ1v) is 9.29. The lowest BCUT2D eigenvalue weighted by Gasteiger charge is -2.41. The van der Waals surface area contributed by atoms with Crippen molar-refractivity contribution in [3.8, 4) is 0 Å². The average molecular weight is 376 g/mol. The molecule has 0 radical (unpaired) electrons. The van der Waals surface area contributed by atoms with Gasteiger partial charge in [-0.05, 0) is 54.2 Å². The van der Waals surface area contributed by atoms with E-state index in [2.05, 4.69) is 0 Å². The van der Waals surface area contributed by atoms with Crippen molar-refractivity contribution in [2.24, 2.45) is 5.92 Å². The topological polar surface area (TPSA) is 29.5 Å². The third-order valence-corrected chi connectivity index (χ3v) is 5.36. The first-order valence-electron chi connectivity index (χ1n) is 8.54. The zero-order valence-corrected chi connectivity index (χ0v) is 15.2. The number of amides is 1. The summed E-state index contributed by atoms with van der Waals surface area (Å²) < 4.78 is 5.98. The van der Waals surface area contributed by atoms with Crippen LogP contribution >= 0.6 is 23.2 Å². The highest BCUT2D eigenvalue weighted by atomic mass is 35.5. The molecular weight excluding hydrogens is 357 g/mol. The minimum absolute atomic E-state index is 0.0464. The molecule has 2 atom stereocenters. The highest BCUT2D eigenvalue weighted by Crippen LogP contribution is 2.43. The fourth-order valence-electron chi connectivity index (χ4n) is 3.42. The van der Waals surface area contributed by atoms with Crippen LogP contribution in [0, 0.1) is 5.92 Å². The van der Waals surface area contributed by atoms with E-state index in [0.29, 0.717) is 16.0 Å². The van der Waals surface area contributed by atoms with Crippen LogP contribution in [0.3, 0.4) is 0 Å². The molecule has 4 rings (SSSR count). The number of carbonyl (C=O) groups is 1. The van der Waals surface area contributed by atoms with Crippen molar-refractivity contribution in [2.45, 2.75) is 25.0 Å². The summed E-state index contributed by atoms with van der Waals surface area (Å²) in [5.74, 6) is 0.655. The molecule has 0 spiro atoms. The van der Waals surface area contributed by atoms with E-state index in [1.54, 1.807) is 0 Å². The van der Waals surface area contributed by atoms with Gasteiger partial charge in [-0.15, -0.1) is 0 Å². The molecule has 0 bridgehead atoms. The summed E-state index contributed by atoms with van der Waals surface area (Å²) in [7, 11) is 0. The van der Waals surface area contributed by atoms with Crippen LogP contribution in [-0.2, 0) is 9.53 Å². The quantitative estimate of drug-likeness (QED) is 0.748. The third-order valence-electron chi connectivity index (χ3n) is 4.87. The fourth-order valence-corrected chi connectivity index (χ4v) is 3.75. The van der Waals surface area contributed by atoms with Crippen LogP contribution in [0.5, 0.6) is 0 Å². The molecule has 1 aliphatic carbocycles. The van der Waals surface area contributed by atoms with Gasteiger partial charge in [0, 0.05) is 16.6 Å². The van der Waals surface area contributed by atoms with Crippen molar-refractivity contribution in [3.05, 3.63) is 69.7 Å². The number of ether oxygens (including phenoxy) is 1. The Bertz CT molecular complexity index is 774. The lowest BCUT2D eigenvalue weighted by molar-refractivity contribution is -0.159. The van der Waals surface area contributed by atoms with Crippen LogP contribution in [0.4, 0.5) is 0 Å². The summed E-state index contributed by atoms with van der Waals surface area (Å²) in [5, 5.41) is 1.35. The van der Waals surface area contributed by atoms with Crippen LogP contribution in [-0.4, -0.2) is 24.0 Å². The molecule has 1 saturated carbocycles. The number of nitrogens with zero attached hydrogens (tertiary/aromatic N) is 1. The van der Waals surface area contributed by atoms with Crippen molar-refractivity contribution in [1.29, 1.82) is 0 Å². The number of hydrogen-bond acceptors (Lipinski definition) is 2. The van der Waals surface area contributed by atoms with Gasteiger partial charge in [0.25, 0.3) is 0 Å². The molecule has 130 valence electrons. The van der Waals surface area contributed by atoms with Gasteiger partial charge >= 0.3 is 0 Å². The number of benzene rings is 2. The molecule has 1 saturated heterocycles. The molecule has 1 aliphatic heterocycles. The highest BCUT2D eigenvalue weighted by molar-refractivity contribution is 6.30. The Balaban J connectivity index is 1.74. The summed E-state index contributed by atoms with van der Waals surface area (Å²) in [4.78, 5) is 14.6. The smallest absolute Gasteiger partial charge is 0.249 e. The average Bonchev–Trinajstić information content (AvgIpc) is 3.42. The van der Waals surface area contributed by atoms with Gasteiger partial charge in [0.1, 0.15) is 12.7 Å². The van der Waals surface area contributed by atoms with E-state index in [-0.39, 0.29) is 24.7 Å². The number of carbonyl (C=O) groups excluding carboxylic acids is 1. The Morgan fingerprint density at radius 2 is 1.76 bits per heavy atom. The minimum Gasteiger partial charge on any atom is -0.361 e. The summed E-state index contributed by atoms with van der Waals surface area (Å²) in [6, 6.07) is 15.2. The Kier molecular flexibility index (Phi) is 4.72. The van der Waals surface area contributed by atoms with E-state index in [0.717, 1.165) is 17.7 Å². The molecular formula is C20H19Cl2NO2. The summed E-state index contributed by atoms with van der Waals surface area (Å²) in [5.41, 5.74) is 2.02. The van der Waals surface area contributed by atoms with Crippen LogP contribution < -0.4 is 0 Å². The normalized spacial score (nSPS) is 23.8. The van der Waals surface area contributed by atoms with Crippen LogP contribution in [0.15, 0.2) is 48.5 Å². The lowest BCUT2D eigenvalue weighted by Crippen LogP contribution is -2.46. The van der Waals surface area contributed by atoms with Gasteiger partial charge in [-0.2, -0.15) is 0 Å². The number of hydrogen-bond donors (Lipinski definition) is 0. The zero-order valence-electron chi connectivity index (χ0n) is 13.7. The maximum Gasteiger partial charge on any atom is 0.249 e. The molecule has 1 amide bonds. The predicted molar refractivity (Wildman–Crippen MR) is 98.8 cm³/mol. The largest absolute Gasteiger partial charge is 0.361 e. The van der Waals surface area contributed by atoms with Crippen molar-refractivity contribution in [2.75, 3.05) is 13.2 Å². The van der Waals surface area contributed by atoms with Crippen molar-refractivity contribution < 1.29 is 9.53 Å². The van der Waals surface area contributed by atoms with Crippen molar-refractivity contribution in [1.82, 2.24) is 4.90 Å². The molecule has 1 heterocycles. The molecule has 5 heteroatoms. The first kappa shape index (κ1) is 16.9. The summed E-state index contributed by atoms with van der Waals surface area (Å²) in [6.07, 6.45) is 2.15. The van der Waals surface area contributed by atoms with Crippen molar-refractivity contribution >= 4 is 29.1 Å². The molecule has 2 aliphatic rings. The number of halogens is 2. The Morgan fingerprint density at radius 1 is 1.00 bits per heavy atom. The van der Waals surface area contributed by atoms with Crippen LogP contribution in [0.2, 0.25) is 10.0 Å². The second kappa shape index (κ2) is 6.99. The SMILES string of the molecule is O=C1CO[C@H](c2cccc(Cl)c2)[C@H](c2ccc(Cl)cc2)N1CC1CC1. The van der Waals surface area contributed by atoms with E-state index in [4.69, 9.17) is 27.9 Å². The first-order chi connectivity index (χ1) is 12.1. The molecule has 2 aromatic rings. The maximum atomic E-state index is 12.6. The minimum atomic E-state index is -0.240. The molecule has 0 unspecified atom stereocenters. The number of morpholine rings is 1. The molecule has 0 N–H and O–H groups in total. The van der Waals surface area contributed by atoms with E-state index in [9.17, 15) is 4.79 Å². The number of rotatable bonds is 4. The van der Waals surface area contributed by atoms with Crippen LogP contribution in [0.1, 0.15) is 36.1 Å². The molecule has 0 aromatic heterocycles. The molecule has 3 nitrogen and oxygen atoms in total. The van der Waals surface area contributed by atoms with E-state index >= 15 is 0 Å². The standard InChI is InChI=1S/C20H19Cl2NO2/c21-16-8-6-14(7-9-16)19-20(15-2-1-3-17(22)10-15)25-12-18(24)23(19)11-13-4-5-13/h1-3,6-10,13,19-20H,4-5,11-12H2/t19-,20+/m0/s1. The monoisotopic (exact) mass is 375 g/mol. The molecule has 2 fully saturated rings. The Labute approximate surface area is 157 Å². The third kappa shape index (κ3) is 3.69. The van der Waals surface area contributed by atoms with Gasteiger partial charge in [-0.1, -0.05) is 47.5 Å². The zero-order chi connectivity index (χ0) is 17.4. The van der Waals surface area contributed by atoms with Gasteiger partial charge in [0.2, 0.25) is 5.91 Å². The van der Waals surface area contributed by atoms with Gasteiger partial charge in [0.15, 0.2) is 0 Å². The van der Waals surface area contributed by atoms with Gasteiger partial charge in [-0.3, -0.25) is 4.79 Å². The van der Waals surface area contributed by atoms with Gasteiger partial charge in [0.05, 0.1) is 6.04 Å². The molecule has 25 heavy (non-hydrogen) atoms. The summed E-state index contributed by atoms with van der Waals surface area (Å²) in [6.45, 7) is 0.889. The lowest BCUT2D eigenvalue weighted by atomic mass is 9.92. The van der Waals surface area contributed by atoms with Gasteiger partial charge < -0.3 is 9.64 Å². The van der Waals surface area contributed by atoms with Gasteiger partial charge in [-0.25, -0.2) is 0 Å². The Morgan fingerprint density at radius 3 is 2.44 bits per heavy atom. The van der Waals surface area contributed by atoms with E-state index < -0.39 is 0 Å². The maximum absolute atomic E-state index is 12.6. The predicted octanol–water partition coefficient (Wildman–Crippen LogP) is 5.04. The van der Waals surface area contributed by atoms with Crippen molar-refractivity contribution in [3.63, 3.8) is 0 Å². The molecule has 2 aromatic carbocycles. The highest BCUT2D eigenvalue weighted by Gasteiger charge is 2.41. The second-order valence-corrected chi connectivity index (χ2v) is 7.65.